The van der Waals surface area contributed by atoms with Crippen molar-refractivity contribution in [1.82, 2.24) is 15.1 Å². The van der Waals surface area contributed by atoms with Gasteiger partial charge in [-0.25, -0.2) is 0 Å². The minimum atomic E-state index is -0.175. The summed E-state index contributed by atoms with van der Waals surface area (Å²) in [6, 6.07) is 8.44. The van der Waals surface area contributed by atoms with Gasteiger partial charge in [0.2, 0.25) is 5.91 Å². The number of thioether (sulfide) groups is 1. The fourth-order valence-electron chi connectivity index (χ4n) is 2.71. The van der Waals surface area contributed by atoms with E-state index in [0.717, 1.165) is 36.2 Å². The van der Waals surface area contributed by atoms with E-state index in [1.807, 2.05) is 14.0 Å². The predicted molar refractivity (Wildman–Crippen MR) is 101 cm³/mol. The van der Waals surface area contributed by atoms with Gasteiger partial charge in [0.15, 0.2) is 4.34 Å². The number of rotatable bonds is 6. The van der Waals surface area contributed by atoms with E-state index in [1.165, 1.54) is 28.8 Å². The normalized spacial score (nSPS) is 15.8. The van der Waals surface area contributed by atoms with Crippen molar-refractivity contribution < 1.29 is 9.53 Å². The third kappa shape index (κ3) is 4.93. The second kappa shape index (κ2) is 8.64. The molecule has 134 valence electrons. The number of morpholine rings is 1. The number of amides is 1. The lowest BCUT2D eigenvalue weighted by Crippen LogP contribution is -2.36. The monoisotopic (exact) mass is 378 g/mol. The Morgan fingerprint density at radius 1 is 1.36 bits per heavy atom. The minimum absolute atomic E-state index is 0.0949. The van der Waals surface area contributed by atoms with E-state index in [9.17, 15) is 4.79 Å². The highest BCUT2D eigenvalue weighted by molar-refractivity contribution is 8.02. The number of carbonyl (C=O) groups is 1. The van der Waals surface area contributed by atoms with Gasteiger partial charge in [-0.3, -0.25) is 4.79 Å². The summed E-state index contributed by atoms with van der Waals surface area (Å²) in [7, 11) is 1.84. The van der Waals surface area contributed by atoms with E-state index in [4.69, 9.17) is 4.74 Å². The molecule has 2 aromatic rings. The third-order valence-corrected chi connectivity index (χ3v) is 5.97. The largest absolute Gasteiger partial charge is 0.378 e. The van der Waals surface area contributed by atoms with Gasteiger partial charge in [0, 0.05) is 32.4 Å². The molecule has 0 unspecified atom stereocenters. The second-order valence-corrected chi connectivity index (χ2v) is 8.35. The van der Waals surface area contributed by atoms with Gasteiger partial charge in [-0.15, -0.1) is 10.2 Å². The molecule has 0 spiro atoms. The van der Waals surface area contributed by atoms with Crippen LogP contribution in [-0.2, 0) is 16.1 Å². The Balaban J connectivity index is 1.54. The van der Waals surface area contributed by atoms with Gasteiger partial charge < -0.3 is 14.5 Å². The summed E-state index contributed by atoms with van der Waals surface area (Å²) in [6.45, 7) is 5.93. The first-order valence-electron chi connectivity index (χ1n) is 8.23. The van der Waals surface area contributed by atoms with Crippen molar-refractivity contribution in [3.05, 3.63) is 35.3 Å². The number of anilines is 1. The molecule has 0 radical (unpaired) electrons. The maximum atomic E-state index is 12.5. The van der Waals surface area contributed by atoms with Gasteiger partial charge in [-0.05, 0) is 24.6 Å². The molecule has 0 bridgehead atoms. The molecule has 2 heterocycles. The van der Waals surface area contributed by atoms with Crippen molar-refractivity contribution in [2.24, 2.45) is 0 Å². The van der Waals surface area contributed by atoms with Crippen molar-refractivity contribution >= 4 is 34.7 Å². The highest BCUT2D eigenvalue weighted by atomic mass is 32.2. The fraction of sp³-hybridized carbons (Fsp3) is 0.471. The smallest absolute Gasteiger partial charge is 0.235 e. The summed E-state index contributed by atoms with van der Waals surface area (Å²) < 4.78 is 6.21. The van der Waals surface area contributed by atoms with E-state index in [-0.39, 0.29) is 11.2 Å². The van der Waals surface area contributed by atoms with Crippen LogP contribution in [0.1, 0.15) is 12.5 Å². The molecule has 6 nitrogen and oxygen atoms in total. The molecule has 0 saturated carbocycles. The Morgan fingerprint density at radius 2 is 2.08 bits per heavy atom. The average molecular weight is 379 g/mol. The van der Waals surface area contributed by atoms with E-state index in [0.29, 0.717) is 6.54 Å². The quantitative estimate of drug-likeness (QED) is 0.720. The number of nitrogens with zero attached hydrogens (tertiary/aromatic N) is 4. The van der Waals surface area contributed by atoms with Gasteiger partial charge in [0.05, 0.1) is 18.5 Å². The standard InChI is InChI=1S/C17H22N4O2S2/c1-13(25-17-19-18-12-24-17)16(22)20(2)11-14-3-5-15(6-4-14)21-7-9-23-10-8-21/h3-6,12-13H,7-11H2,1-2H3/t13-/m1/s1. The molecule has 1 fully saturated rings. The van der Waals surface area contributed by atoms with Gasteiger partial charge in [-0.2, -0.15) is 0 Å². The summed E-state index contributed by atoms with van der Waals surface area (Å²) in [4.78, 5) is 16.6. The number of carbonyl (C=O) groups excluding carboxylic acids is 1. The number of aromatic nitrogens is 2. The van der Waals surface area contributed by atoms with E-state index < -0.39 is 0 Å². The van der Waals surface area contributed by atoms with Gasteiger partial charge in [0.25, 0.3) is 0 Å². The van der Waals surface area contributed by atoms with Crippen LogP contribution in [0.2, 0.25) is 0 Å². The van der Waals surface area contributed by atoms with Crippen molar-refractivity contribution in [3.8, 4) is 0 Å². The van der Waals surface area contributed by atoms with Crippen molar-refractivity contribution in [1.29, 1.82) is 0 Å². The first-order valence-corrected chi connectivity index (χ1v) is 9.99. The Hall–Kier alpha value is -1.64. The second-order valence-electron chi connectivity index (χ2n) is 5.92. The van der Waals surface area contributed by atoms with Crippen LogP contribution < -0.4 is 4.90 Å². The zero-order chi connectivity index (χ0) is 17.6. The van der Waals surface area contributed by atoms with Gasteiger partial charge in [0.1, 0.15) is 5.51 Å². The topological polar surface area (TPSA) is 58.6 Å². The average Bonchev–Trinajstić information content (AvgIpc) is 3.15. The van der Waals surface area contributed by atoms with Crippen LogP contribution in [0.5, 0.6) is 0 Å². The Labute approximate surface area is 156 Å². The van der Waals surface area contributed by atoms with Crippen molar-refractivity contribution in [2.45, 2.75) is 23.1 Å². The number of hydrogen-bond donors (Lipinski definition) is 0. The molecular weight excluding hydrogens is 356 g/mol. The van der Waals surface area contributed by atoms with E-state index in [1.54, 1.807) is 10.4 Å². The Morgan fingerprint density at radius 3 is 2.72 bits per heavy atom. The van der Waals surface area contributed by atoms with E-state index in [2.05, 4.69) is 39.4 Å². The molecule has 8 heteroatoms. The molecule has 1 amide bonds. The Kier molecular flexibility index (Phi) is 6.28. The summed E-state index contributed by atoms with van der Waals surface area (Å²) in [5, 5.41) is 7.61. The summed E-state index contributed by atoms with van der Waals surface area (Å²) in [5.41, 5.74) is 4.02. The number of benzene rings is 1. The molecule has 0 N–H and O–H groups in total. The van der Waals surface area contributed by atoms with Crippen LogP contribution in [0.4, 0.5) is 5.69 Å². The predicted octanol–water partition coefficient (Wildman–Crippen LogP) is 2.51. The molecule has 3 rings (SSSR count). The number of ether oxygens (including phenoxy) is 1. The SMILES string of the molecule is C[C@@H](Sc1nncs1)C(=O)N(C)Cc1ccc(N2CCOCC2)cc1. The van der Waals surface area contributed by atoms with Crippen LogP contribution in [0.25, 0.3) is 0 Å². The molecule has 25 heavy (non-hydrogen) atoms. The molecule has 1 aromatic heterocycles. The maximum Gasteiger partial charge on any atom is 0.235 e. The highest BCUT2D eigenvalue weighted by Crippen LogP contribution is 2.25. The third-order valence-electron chi connectivity index (χ3n) is 4.07. The van der Waals surface area contributed by atoms with E-state index >= 15 is 0 Å². The molecule has 1 aliphatic heterocycles. The van der Waals surface area contributed by atoms with Crippen molar-refractivity contribution in [3.63, 3.8) is 0 Å². The zero-order valence-corrected chi connectivity index (χ0v) is 16.1. The van der Waals surface area contributed by atoms with Gasteiger partial charge in [-0.1, -0.05) is 35.2 Å². The summed E-state index contributed by atoms with van der Waals surface area (Å²) >= 11 is 2.91. The molecule has 1 aromatic carbocycles. The highest BCUT2D eigenvalue weighted by Gasteiger charge is 2.20. The molecule has 1 saturated heterocycles. The molecular formula is C17H22N4O2S2. The van der Waals surface area contributed by atoms with Crippen LogP contribution in [0.3, 0.4) is 0 Å². The lowest BCUT2D eigenvalue weighted by molar-refractivity contribution is -0.129. The molecule has 1 atom stereocenters. The van der Waals surface area contributed by atoms with Crippen LogP contribution >= 0.6 is 23.1 Å². The Bertz CT molecular complexity index is 672. The fourth-order valence-corrected chi connectivity index (χ4v) is 4.45. The van der Waals surface area contributed by atoms with Gasteiger partial charge >= 0.3 is 0 Å². The first-order chi connectivity index (χ1) is 12.1. The lowest BCUT2D eigenvalue weighted by Gasteiger charge is -2.29. The molecule has 0 aliphatic carbocycles. The van der Waals surface area contributed by atoms with Crippen LogP contribution in [0.15, 0.2) is 34.1 Å². The summed E-state index contributed by atoms with van der Waals surface area (Å²) in [5.74, 6) is 0.0949. The maximum absolute atomic E-state index is 12.5. The van der Waals surface area contributed by atoms with Crippen LogP contribution in [-0.4, -0.2) is 59.6 Å². The van der Waals surface area contributed by atoms with Crippen LogP contribution in [0, 0.1) is 0 Å². The minimum Gasteiger partial charge on any atom is -0.378 e. The molecule has 1 aliphatic rings. The number of hydrogen-bond acceptors (Lipinski definition) is 7. The summed E-state index contributed by atoms with van der Waals surface area (Å²) in [6.07, 6.45) is 0. The lowest BCUT2D eigenvalue weighted by atomic mass is 10.1. The first kappa shape index (κ1) is 18.2. The zero-order valence-electron chi connectivity index (χ0n) is 14.4. The van der Waals surface area contributed by atoms with Crippen molar-refractivity contribution in [2.75, 3.05) is 38.3 Å².